The first-order chi connectivity index (χ1) is 18.0. The number of aliphatic hydroxyl groups is 1. The number of aromatic nitrogens is 4. The van der Waals surface area contributed by atoms with E-state index in [1.807, 2.05) is 33.2 Å². The standard InChI is InChI=1S/C25H32ClN7O2S3/c1-14-23(37-17-5-8-28-21(27)18(17)26)31-16(12-34)22(30-14)33-9-6-25(7-10-33)11-15-19(36-13-29-15)20(25)32-38(35)24(2,3)4/h5,8,13,20,32,34H,6-7,9-12H2,1-4H3,(H2,27,28)/t20-,38?/m1/s1. The zero-order valence-electron chi connectivity index (χ0n) is 21.8. The lowest BCUT2D eigenvalue weighted by Crippen LogP contribution is -2.50. The van der Waals surface area contributed by atoms with E-state index in [1.54, 1.807) is 23.6 Å². The van der Waals surface area contributed by atoms with Crippen molar-refractivity contribution in [3.8, 4) is 0 Å². The summed E-state index contributed by atoms with van der Waals surface area (Å²) in [7, 11) is 0. The third-order valence-electron chi connectivity index (χ3n) is 7.22. The van der Waals surface area contributed by atoms with E-state index in [9.17, 15) is 9.66 Å². The lowest BCUT2D eigenvalue weighted by Gasteiger charge is -2.44. The smallest absolute Gasteiger partial charge is 0.153 e. The maximum Gasteiger partial charge on any atom is 0.153 e. The highest BCUT2D eigenvalue weighted by molar-refractivity contribution is 7.99. The number of halogens is 1. The van der Waals surface area contributed by atoms with Crippen LogP contribution >= 0.6 is 34.7 Å². The van der Waals surface area contributed by atoms with E-state index < -0.39 is 11.4 Å². The molecule has 4 N–H and O–H groups in total. The summed E-state index contributed by atoms with van der Waals surface area (Å²) in [6, 6.07) is 1.79. The molecule has 2 aliphatic rings. The molecule has 1 saturated heterocycles. The quantitative estimate of drug-likeness (QED) is 0.352. The van der Waals surface area contributed by atoms with Crippen LogP contribution in [0.4, 0.5) is 11.6 Å². The van der Waals surface area contributed by atoms with E-state index >= 15 is 0 Å². The van der Waals surface area contributed by atoms with Crippen molar-refractivity contribution in [3.63, 3.8) is 0 Å². The van der Waals surface area contributed by atoms with Gasteiger partial charge >= 0.3 is 0 Å². The number of piperidine rings is 1. The number of nitrogen functional groups attached to an aromatic ring is 1. The highest BCUT2D eigenvalue weighted by Gasteiger charge is 2.52. The predicted molar refractivity (Wildman–Crippen MR) is 154 cm³/mol. The summed E-state index contributed by atoms with van der Waals surface area (Å²) in [6.45, 7) is 9.18. The molecule has 9 nitrogen and oxygen atoms in total. The molecule has 4 heterocycles. The minimum absolute atomic E-state index is 0.00802. The SMILES string of the molecule is Cc1nc(N2CCC3(CC2)Cc2ncsc2[C@H]3N[S+]([O-])C(C)(C)C)c(CO)nc1Sc1ccnc(N)c1Cl. The number of aryl methyl sites for hydroxylation is 1. The van der Waals surface area contributed by atoms with Gasteiger partial charge in [0.2, 0.25) is 0 Å². The summed E-state index contributed by atoms with van der Waals surface area (Å²) in [5.41, 5.74) is 10.1. The molecule has 0 radical (unpaired) electrons. The first-order valence-corrected chi connectivity index (χ1v) is 15.7. The molecule has 1 unspecified atom stereocenters. The molecule has 3 aromatic rings. The van der Waals surface area contributed by atoms with Gasteiger partial charge in [-0.15, -0.1) is 16.1 Å². The van der Waals surface area contributed by atoms with Crippen LogP contribution in [0, 0.1) is 12.3 Å². The van der Waals surface area contributed by atoms with E-state index in [0.29, 0.717) is 21.6 Å². The van der Waals surface area contributed by atoms with Gasteiger partial charge in [0.15, 0.2) is 5.82 Å². The topological polar surface area (TPSA) is 136 Å². The van der Waals surface area contributed by atoms with Crippen molar-refractivity contribution in [1.29, 1.82) is 0 Å². The molecule has 1 aliphatic heterocycles. The monoisotopic (exact) mass is 593 g/mol. The highest BCUT2D eigenvalue weighted by atomic mass is 35.5. The number of hydrogen-bond acceptors (Lipinski definition) is 11. The Morgan fingerprint density at radius 3 is 2.74 bits per heavy atom. The normalized spacial score (nSPS) is 19.7. The number of nitrogens with two attached hydrogens (primary N) is 1. The largest absolute Gasteiger partial charge is 0.598 e. The molecule has 2 atom stereocenters. The van der Waals surface area contributed by atoms with Crippen LogP contribution < -0.4 is 15.4 Å². The maximum atomic E-state index is 13.1. The molecule has 3 aromatic heterocycles. The Morgan fingerprint density at radius 1 is 1.32 bits per heavy atom. The van der Waals surface area contributed by atoms with Crippen LogP contribution in [0.1, 0.15) is 61.6 Å². The van der Waals surface area contributed by atoms with Gasteiger partial charge in [-0.05, 0) is 53.0 Å². The average molecular weight is 594 g/mol. The molecule has 5 rings (SSSR count). The Hall–Kier alpha value is -1.67. The number of fused-ring (bicyclic) bond motifs is 1. The Morgan fingerprint density at radius 2 is 2.05 bits per heavy atom. The van der Waals surface area contributed by atoms with Gasteiger partial charge in [-0.2, -0.15) is 0 Å². The van der Waals surface area contributed by atoms with Gasteiger partial charge in [0.05, 0.1) is 34.6 Å². The lowest BCUT2D eigenvalue weighted by atomic mass is 9.74. The van der Waals surface area contributed by atoms with Crippen molar-refractivity contribution in [2.24, 2.45) is 5.41 Å². The van der Waals surface area contributed by atoms with Crippen molar-refractivity contribution in [2.45, 2.75) is 74.3 Å². The van der Waals surface area contributed by atoms with Crippen LogP contribution in [-0.4, -0.2) is 47.4 Å². The van der Waals surface area contributed by atoms with E-state index in [2.05, 4.69) is 19.6 Å². The van der Waals surface area contributed by atoms with Crippen LogP contribution in [0.25, 0.3) is 0 Å². The van der Waals surface area contributed by atoms with Crippen LogP contribution in [-0.2, 0) is 24.4 Å². The van der Waals surface area contributed by atoms with Crippen molar-refractivity contribution < 1.29 is 9.66 Å². The fourth-order valence-electron chi connectivity index (χ4n) is 5.06. The Bertz CT molecular complexity index is 1320. The molecule has 1 fully saturated rings. The second-order valence-corrected chi connectivity index (χ2v) is 15.1. The second-order valence-electron chi connectivity index (χ2n) is 10.8. The number of hydrogen-bond donors (Lipinski definition) is 3. The number of pyridine rings is 1. The number of anilines is 2. The Kier molecular flexibility index (Phi) is 7.86. The van der Waals surface area contributed by atoms with Crippen molar-refractivity contribution >= 4 is 57.7 Å². The van der Waals surface area contributed by atoms with Gasteiger partial charge in [-0.1, -0.05) is 23.4 Å². The molecule has 1 aliphatic carbocycles. The van der Waals surface area contributed by atoms with Gasteiger partial charge < -0.3 is 20.3 Å². The molecule has 38 heavy (non-hydrogen) atoms. The second kappa shape index (κ2) is 10.7. The van der Waals surface area contributed by atoms with E-state index in [1.165, 1.54) is 16.6 Å². The Labute approximate surface area is 239 Å². The van der Waals surface area contributed by atoms with Crippen LogP contribution in [0.2, 0.25) is 5.02 Å². The summed E-state index contributed by atoms with van der Waals surface area (Å²) in [6.07, 6.45) is 4.27. The van der Waals surface area contributed by atoms with Gasteiger partial charge in [-0.25, -0.2) is 19.9 Å². The minimum Gasteiger partial charge on any atom is -0.598 e. The Balaban J connectivity index is 1.36. The fourth-order valence-corrected chi connectivity index (χ4v) is 8.17. The number of aliphatic hydroxyl groups excluding tert-OH is 1. The molecule has 0 aromatic carbocycles. The average Bonchev–Trinajstić information content (AvgIpc) is 3.43. The molecule has 1 spiro atoms. The van der Waals surface area contributed by atoms with Crippen LogP contribution in [0.5, 0.6) is 0 Å². The first kappa shape index (κ1) is 27.9. The molecule has 13 heteroatoms. The van der Waals surface area contributed by atoms with Gasteiger partial charge in [0, 0.05) is 45.8 Å². The van der Waals surface area contributed by atoms with E-state index in [-0.39, 0.29) is 28.6 Å². The molecular weight excluding hydrogens is 562 g/mol. The van der Waals surface area contributed by atoms with Crippen LogP contribution in [0.3, 0.4) is 0 Å². The van der Waals surface area contributed by atoms with Crippen molar-refractivity contribution in [2.75, 3.05) is 23.7 Å². The lowest BCUT2D eigenvalue weighted by molar-refractivity contribution is 0.175. The zero-order chi connectivity index (χ0) is 27.2. The summed E-state index contributed by atoms with van der Waals surface area (Å²) < 4.78 is 16.2. The third-order valence-corrected chi connectivity index (χ3v) is 11.4. The third kappa shape index (κ3) is 5.24. The molecule has 0 bridgehead atoms. The first-order valence-electron chi connectivity index (χ1n) is 12.4. The van der Waals surface area contributed by atoms with E-state index in [0.717, 1.165) is 48.6 Å². The number of nitrogens with one attached hydrogen (secondary N) is 1. The highest BCUT2D eigenvalue weighted by Crippen LogP contribution is 2.54. The van der Waals surface area contributed by atoms with Gasteiger partial charge in [0.25, 0.3) is 0 Å². The molecular formula is C25H32ClN7O2S3. The fraction of sp³-hybridized carbons (Fsp3) is 0.520. The molecule has 0 saturated carbocycles. The van der Waals surface area contributed by atoms with E-state index in [4.69, 9.17) is 27.3 Å². The summed E-state index contributed by atoms with van der Waals surface area (Å²) in [5, 5.41) is 11.2. The van der Waals surface area contributed by atoms with Crippen LogP contribution in [0.15, 0.2) is 27.7 Å². The van der Waals surface area contributed by atoms with Crippen molar-refractivity contribution in [3.05, 3.63) is 44.8 Å². The minimum atomic E-state index is -1.19. The summed E-state index contributed by atoms with van der Waals surface area (Å²) >= 11 is 8.16. The zero-order valence-corrected chi connectivity index (χ0v) is 25.0. The predicted octanol–water partition coefficient (Wildman–Crippen LogP) is 4.45. The molecule has 0 amide bonds. The number of thiazole rings is 1. The maximum absolute atomic E-state index is 13.1. The number of rotatable bonds is 6. The summed E-state index contributed by atoms with van der Waals surface area (Å²) in [4.78, 5) is 22.4. The molecule has 204 valence electrons. The van der Waals surface area contributed by atoms with Gasteiger partial charge in [-0.3, -0.25) is 0 Å². The summed E-state index contributed by atoms with van der Waals surface area (Å²) in [5.74, 6) is 0.970. The van der Waals surface area contributed by atoms with Crippen molar-refractivity contribution in [1.82, 2.24) is 24.7 Å². The van der Waals surface area contributed by atoms with Gasteiger partial charge in [0.1, 0.15) is 21.3 Å². The number of nitrogens with zero attached hydrogens (tertiary/aromatic N) is 5.